The largest absolute Gasteiger partial charge is 0.376 e. The van der Waals surface area contributed by atoms with Crippen LogP contribution in [-0.2, 0) is 11.3 Å². The number of nitrogens with two attached hydrogens (primary N) is 1. The van der Waals surface area contributed by atoms with Crippen molar-refractivity contribution in [1.82, 2.24) is 10.2 Å². The van der Waals surface area contributed by atoms with Crippen LogP contribution in [0.3, 0.4) is 0 Å². The third-order valence-electron chi connectivity index (χ3n) is 5.29. The molecule has 0 spiro atoms. The number of nitrogens with zero attached hydrogens (tertiary/aromatic N) is 1. The minimum Gasteiger partial charge on any atom is -0.376 e. The van der Waals surface area contributed by atoms with Crippen molar-refractivity contribution in [1.29, 1.82) is 0 Å². The van der Waals surface area contributed by atoms with Crippen LogP contribution < -0.4 is 11.1 Å². The predicted molar refractivity (Wildman–Crippen MR) is 101 cm³/mol. The summed E-state index contributed by atoms with van der Waals surface area (Å²) in [5.41, 5.74) is 9.30. The first kappa shape index (κ1) is 17.5. The Hall–Kier alpha value is -2.86. The summed E-state index contributed by atoms with van der Waals surface area (Å²) in [5, 5.41) is 2.92. The second-order valence-electron chi connectivity index (χ2n) is 7.03. The van der Waals surface area contributed by atoms with Crippen molar-refractivity contribution in [3.05, 3.63) is 70.8 Å². The van der Waals surface area contributed by atoms with Crippen molar-refractivity contribution in [2.45, 2.75) is 31.5 Å². The summed E-state index contributed by atoms with van der Waals surface area (Å²) in [6.07, 6.45) is 2.16. The molecule has 140 valence electrons. The van der Waals surface area contributed by atoms with E-state index in [0.29, 0.717) is 18.7 Å². The highest BCUT2D eigenvalue weighted by Gasteiger charge is 2.33. The summed E-state index contributed by atoms with van der Waals surface area (Å²) < 4.78 is 5.53. The Labute approximate surface area is 158 Å². The highest BCUT2D eigenvalue weighted by atomic mass is 16.5. The number of carbonyl (C=O) groups excluding carboxylic acids is 2. The molecule has 2 unspecified atom stereocenters. The molecule has 2 aliphatic heterocycles. The Morgan fingerprint density at radius 3 is 2.63 bits per heavy atom. The maximum Gasteiger partial charge on any atom is 0.315 e. The van der Waals surface area contributed by atoms with Crippen molar-refractivity contribution in [3.63, 3.8) is 0 Å². The van der Waals surface area contributed by atoms with Gasteiger partial charge in [-0.25, -0.2) is 4.79 Å². The van der Waals surface area contributed by atoms with Crippen molar-refractivity contribution < 1.29 is 14.3 Å². The van der Waals surface area contributed by atoms with E-state index in [1.165, 1.54) is 0 Å². The van der Waals surface area contributed by atoms with Crippen molar-refractivity contribution >= 4 is 11.9 Å². The van der Waals surface area contributed by atoms with Gasteiger partial charge in [0, 0.05) is 25.3 Å². The Morgan fingerprint density at radius 2 is 1.93 bits per heavy atom. The molecule has 2 heterocycles. The van der Waals surface area contributed by atoms with E-state index in [9.17, 15) is 9.59 Å². The van der Waals surface area contributed by atoms with Crippen molar-refractivity contribution in [3.8, 4) is 0 Å². The van der Waals surface area contributed by atoms with E-state index >= 15 is 0 Å². The van der Waals surface area contributed by atoms with Crippen LogP contribution in [0, 0.1) is 0 Å². The first-order valence-electron chi connectivity index (χ1n) is 9.27. The van der Waals surface area contributed by atoms with Gasteiger partial charge in [-0.05, 0) is 41.7 Å². The Bertz CT molecular complexity index is 844. The zero-order valence-electron chi connectivity index (χ0n) is 15.1. The number of carbonyl (C=O) groups is 2. The van der Waals surface area contributed by atoms with Gasteiger partial charge in [-0.15, -0.1) is 0 Å². The van der Waals surface area contributed by atoms with Crippen molar-refractivity contribution in [2.24, 2.45) is 5.73 Å². The number of hydrogen-bond donors (Lipinski definition) is 2. The number of amides is 3. The maximum absolute atomic E-state index is 12.4. The summed E-state index contributed by atoms with van der Waals surface area (Å²) in [4.78, 5) is 25.9. The molecule has 2 aliphatic rings. The summed E-state index contributed by atoms with van der Waals surface area (Å²) in [5.74, 6) is -0.115. The highest BCUT2D eigenvalue weighted by Crippen LogP contribution is 2.38. The molecule has 6 nitrogen and oxygen atoms in total. The number of benzene rings is 2. The fourth-order valence-electron chi connectivity index (χ4n) is 3.88. The molecule has 1 saturated heterocycles. The predicted octanol–water partition coefficient (Wildman–Crippen LogP) is 2.58. The Balaban J connectivity index is 1.50. The topological polar surface area (TPSA) is 84.7 Å². The second kappa shape index (κ2) is 7.40. The van der Waals surface area contributed by atoms with E-state index < -0.39 is 6.03 Å². The molecule has 0 radical (unpaired) electrons. The Morgan fingerprint density at radius 1 is 1.15 bits per heavy atom. The lowest BCUT2D eigenvalue weighted by atomic mass is 9.97. The van der Waals surface area contributed by atoms with Crippen LogP contribution in [-0.4, -0.2) is 36.1 Å². The highest BCUT2D eigenvalue weighted by molar-refractivity contribution is 5.94. The molecule has 4 rings (SSSR count). The van der Waals surface area contributed by atoms with Crippen LogP contribution in [0.25, 0.3) is 0 Å². The standard InChI is InChI=1S/C21H23N3O3/c22-21(26)24-13-16-4-1-2-6-18(16)19(24)14-7-9-15(10-8-14)20(25)23-12-17-5-3-11-27-17/h1-2,4,6-10,17,19H,3,5,11-13H2,(H2,22,26)(H,23,25). The number of fused-ring (bicyclic) bond motifs is 1. The Kier molecular flexibility index (Phi) is 4.81. The molecular weight excluding hydrogens is 342 g/mol. The van der Waals surface area contributed by atoms with E-state index in [2.05, 4.69) is 5.32 Å². The van der Waals surface area contributed by atoms with Crippen LogP contribution >= 0.6 is 0 Å². The van der Waals surface area contributed by atoms with Crippen LogP contribution in [0.1, 0.15) is 45.9 Å². The molecule has 2 aromatic carbocycles. The molecule has 0 bridgehead atoms. The third kappa shape index (κ3) is 3.53. The monoisotopic (exact) mass is 365 g/mol. The number of hydrogen-bond acceptors (Lipinski definition) is 3. The fourth-order valence-corrected chi connectivity index (χ4v) is 3.88. The maximum atomic E-state index is 12.4. The molecule has 0 saturated carbocycles. The van der Waals surface area contributed by atoms with Gasteiger partial charge in [-0.2, -0.15) is 0 Å². The van der Waals surface area contributed by atoms with E-state index in [4.69, 9.17) is 10.5 Å². The average Bonchev–Trinajstić information content (AvgIpc) is 3.34. The zero-order chi connectivity index (χ0) is 18.8. The first-order chi connectivity index (χ1) is 13.1. The molecule has 3 amide bonds. The lowest BCUT2D eigenvalue weighted by Crippen LogP contribution is -2.34. The number of nitrogens with one attached hydrogen (secondary N) is 1. The molecule has 2 aromatic rings. The summed E-state index contributed by atoms with van der Waals surface area (Å²) in [7, 11) is 0. The normalized spacial score (nSPS) is 21.1. The molecule has 0 aromatic heterocycles. The third-order valence-corrected chi connectivity index (χ3v) is 5.29. The molecule has 27 heavy (non-hydrogen) atoms. The molecular formula is C21H23N3O3. The second-order valence-corrected chi connectivity index (χ2v) is 7.03. The van der Waals surface area contributed by atoms with E-state index in [1.807, 2.05) is 36.4 Å². The van der Waals surface area contributed by atoms with Gasteiger partial charge in [0.15, 0.2) is 0 Å². The smallest absolute Gasteiger partial charge is 0.315 e. The van der Waals surface area contributed by atoms with Crippen LogP contribution in [0.4, 0.5) is 4.79 Å². The minimum absolute atomic E-state index is 0.115. The van der Waals surface area contributed by atoms with E-state index in [1.54, 1.807) is 17.0 Å². The number of urea groups is 1. The van der Waals surface area contributed by atoms with Gasteiger partial charge in [0.25, 0.3) is 5.91 Å². The van der Waals surface area contributed by atoms with Gasteiger partial charge in [-0.3, -0.25) is 4.79 Å². The van der Waals surface area contributed by atoms with Gasteiger partial charge < -0.3 is 20.7 Å². The van der Waals surface area contributed by atoms with Gasteiger partial charge in [0.05, 0.1) is 12.1 Å². The van der Waals surface area contributed by atoms with Gasteiger partial charge in [0.2, 0.25) is 0 Å². The van der Waals surface area contributed by atoms with Gasteiger partial charge in [0.1, 0.15) is 0 Å². The van der Waals surface area contributed by atoms with Crippen molar-refractivity contribution in [2.75, 3.05) is 13.2 Å². The summed E-state index contributed by atoms with van der Waals surface area (Å²) in [6, 6.07) is 14.7. The van der Waals surface area contributed by atoms with Gasteiger partial charge >= 0.3 is 6.03 Å². The molecule has 6 heteroatoms. The zero-order valence-corrected chi connectivity index (χ0v) is 15.1. The fraction of sp³-hybridized carbons (Fsp3) is 0.333. The molecule has 3 N–H and O–H groups in total. The van der Waals surface area contributed by atoms with E-state index in [-0.39, 0.29) is 18.1 Å². The minimum atomic E-state index is -0.449. The van der Waals surface area contributed by atoms with Crippen LogP contribution in [0.2, 0.25) is 0 Å². The quantitative estimate of drug-likeness (QED) is 0.873. The molecule has 1 fully saturated rings. The molecule has 2 atom stereocenters. The first-order valence-corrected chi connectivity index (χ1v) is 9.27. The SMILES string of the molecule is NC(=O)N1Cc2ccccc2C1c1ccc(C(=O)NCC2CCCO2)cc1. The number of rotatable bonds is 4. The average molecular weight is 365 g/mol. The summed E-state index contributed by atoms with van der Waals surface area (Å²) >= 11 is 0. The summed E-state index contributed by atoms with van der Waals surface area (Å²) in [6.45, 7) is 1.81. The lowest BCUT2D eigenvalue weighted by Gasteiger charge is -2.24. The molecule has 0 aliphatic carbocycles. The van der Waals surface area contributed by atoms with E-state index in [0.717, 1.165) is 36.1 Å². The van der Waals surface area contributed by atoms with Crippen LogP contribution in [0.5, 0.6) is 0 Å². The van der Waals surface area contributed by atoms with Crippen LogP contribution in [0.15, 0.2) is 48.5 Å². The number of primary amides is 1. The van der Waals surface area contributed by atoms with Gasteiger partial charge in [-0.1, -0.05) is 36.4 Å². The number of ether oxygens (including phenoxy) is 1. The lowest BCUT2D eigenvalue weighted by molar-refractivity contribution is 0.0857.